The molecule has 0 aliphatic carbocycles. The summed E-state index contributed by atoms with van der Waals surface area (Å²) in [5.41, 5.74) is 2.53. The summed E-state index contributed by atoms with van der Waals surface area (Å²) in [4.78, 5) is 12.1. The average molecular weight is 473 g/mol. The molecular formula is C23H19BrClNO3. The van der Waals surface area contributed by atoms with E-state index in [1.807, 2.05) is 42.5 Å². The van der Waals surface area contributed by atoms with Crippen molar-refractivity contribution in [2.45, 2.75) is 6.61 Å². The Labute approximate surface area is 183 Å². The molecule has 148 valence electrons. The van der Waals surface area contributed by atoms with E-state index in [0.717, 1.165) is 15.6 Å². The van der Waals surface area contributed by atoms with Gasteiger partial charge in [0.25, 0.3) is 0 Å². The van der Waals surface area contributed by atoms with Crippen LogP contribution in [0.1, 0.15) is 11.1 Å². The van der Waals surface area contributed by atoms with Gasteiger partial charge >= 0.3 is 0 Å². The second-order valence-electron chi connectivity index (χ2n) is 6.14. The van der Waals surface area contributed by atoms with Crippen molar-refractivity contribution in [3.05, 3.63) is 93.4 Å². The lowest BCUT2D eigenvalue weighted by Gasteiger charge is -2.13. The van der Waals surface area contributed by atoms with Crippen molar-refractivity contribution in [1.29, 1.82) is 0 Å². The van der Waals surface area contributed by atoms with E-state index in [2.05, 4.69) is 21.2 Å². The normalized spacial score (nSPS) is 10.7. The first-order valence-electron chi connectivity index (χ1n) is 8.84. The van der Waals surface area contributed by atoms with Gasteiger partial charge in [-0.15, -0.1) is 0 Å². The second-order valence-corrected chi connectivity index (χ2v) is 7.43. The molecular weight excluding hydrogens is 454 g/mol. The van der Waals surface area contributed by atoms with Crippen LogP contribution in [-0.4, -0.2) is 13.0 Å². The molecule has 3 aromatic carbocycles. The maximum atomic E-state index is 12.1. The number of anilines is 1. The number of carbonyl (C=O) groups excluding carboxylic acids is 1. The van der Waals surface area contributed by atoms with Gasteiger partial charge in [-0.2, -0.15) is 0 Å². The lowest BCUT2D eigenvalue weighted by molar-refractivity contribution is -0.111. The first-order valence-corrected chi connectivity index (χ1v) is 10.0. The predicted octanol–water partition coefficient (Wildman–Crippen LogP) is 6.34. The third-order valence-corrected chi connectivity index (χ3v) is 4.86. The van der Waals surface area contributed by atoms with E-state index < -0.39 is 0 Å². The number of hydrogen-bond acceptors (Lipinski definition) is 3. The van der Waals surface area contributed by atoms with Crippen LogP contribution in [0, 0.1) is 0 Å². The Kier molecular flexibility index (Phi) is 7.33. The number of carbonyl (C=O) groups is 1. The lowest BCUT2D eigenvalue weighted by Crippen LogP contribution is -2.07. The number of amides is 1. The minimum Gasteiger partial charge on any atom is -0.493 e. The van der Waals surface area contributed by atoms with Gasteiger partial charge in [-0.1, -0.05) is 41.9 Å². The predicted molar refractivity (Wildman–Crippen MR) is 121 cm³/mol. The molecule has 0 saturated heterocycles. The molecule has 0 aliphatic rings. The molecule has 0 atom stereocenters. The first kappa shape index (κ1) is 21.0. The summed E-state index contributed by atoms with van der Waals surface area (Å²) in [6.07, 6.45) is 3.17. The molecule has 0 spiro atoms. The molecule has 0 saturated carbocycles. The number of ether oxygens (including phenoxy) is 2. The highest BCUT2D eigenvalue weighted by Gasteiger charge is 2.11. The van der Waals surface area contributed by atoms with Crippen molar-refractivity contribution in [2.75, 3.05) is 12.4 Å². The number of hydrogen-bond donors (Lipinski definition) is 1. The molecule has 1 N–H and O–H groups in total. The monoisotopic (exact) mass is 471 g/mol. The third kappa shape index (κ3) is 6.11. The maximum absolute atomic E-state index is 12.1. The summed E-state index contributed by atoms with van der Waals surface area (Å²) in [6.45, 7) is 0.425. The number of benzene rings is 3. The standard InChI is InChI=1S/C23H19BrClNO3/c1-28-21-14-17(7-12-22(27)26-19-10-8-18(25)9-11-19)13-20(24)23(21)29-15-16-5-3-2-4-6-16/h2-14H,15H2,1H3,(H,26,27). The molecule has 29 heavy (non-hydrogen) atoms. The van der Waals surface area contributed by atoms with Gasteiger partial charge in [-0.3, -0.25) is 4.79 Å². The molecule has 0 fully saturated rings. The van der Waals surface area contributed by atoms with Crippen molar-refractivity contribution in [3.63, 3.8) is 0 Å². The van der Waals surface area contributed by atoms with Gasteiger partial charge in [-0.25, -0.2) is 0 Å². The average Bonchev–Trinajstić information content (AvgIpc) is 2.73. The van der Waals surface area contributed by atoms with Crippen LogP contribution in [0.4, 0.5) is 5.69 Å². The van der Waals surface area contributed by atoms with Crippen LogP contribution >= 0.6 is 27.5 Å². The summed E-state index contributed by atoms with van der Waals surface area (Å²) < 4.78 is 12.1. The zero-order chi connectivity index (χ0) is 20.6. The van der Waals surface area contributed by atoms with E-state index in [4.69, 9.17) is 21.1 Å². The molecule has 0 aliphatic heterocycles. The fraction of sp³-hybridized carbons (Fsp3) is 0.0870. The minimum absolute atomic E-state index is 0.244. The quantitative estimate of drug-likeness (QED) is 0.408. The minimum atomic E-state index is -0.244. The molecule has 0 heterocycles. The zero-order valence-electron chi connectivity index (χ0n) is 15.7. The van der Waals surface area contributed by atoms with E-state index in [1.165, 1.54) is 6.08 Å². The van der Waals surface area contributed by atoms with E-state index in [0.29, 0.717) is 28.8 Å². The van der Waals surface area contributed by atoms with E-state index in [9.17, 15) is 4.79 Å². The molecule has 0 bridgehead atoms. The van der Waals surface area contributed by atoms with Gasteiger partial charge < -0.3 is 14.8 Å². The smallest absolute Gasteiger partial charge is 0.248 e. The largest absolute Gasteiger partial charge is 0.493 e. The Morgan fingerprint density at radius 2 is 1.83 bits per heavy atom. The van der Waals surface area contributed by atoms with Gasteiger partial charge in [0, 0.05) is 16.8 Å². The number of methoxy groups -OCH3 is 1. The molecule has 0 aromatic heterocycles. The lowest BCUT2D eigenvalue weighted by atomic mass is 10.2. The Morgan fingerprint density at radius 3 is 2.52 bits per heavy atom. The van der Waals surface area contributed by atoms with Crippen LogP contribution < -0.4 is 14.8 Å². The highest BCUT2D eigenvalue weighted by atomic mass is 79.9. The summed E-state index contributed by atoms with van der Waals surface area (Å²) >= 11 is 9.38. The van der Waals surface area contributed by atoms with Crippen LogP contribution in [0.15, 0.2) is 77.3 Å². The first-order chi connectivity index (χ1) is 14.0. The van der Waals surface area contributed by atoms with Crippen molar-refractivity contribution in [1.82, 2.24) is 0 Å². The molecule has 3 rings (SSSR count). The zero-order valence-corrected chi connectivity index (χ0v) is 18.0. The summed E-state index contributed by atoms with van der Waals surface area (Å²) in [6, 6.07) is 20.5. The van der Waals surface area contributed by atoms with Crippen LogP contribution in [0.25, 0.3) is 6.08 Å². The molecule has 3 aromatic rings. The van der Waals surface area contributed by atoms with Crippen molar-refractivity contribution in [3.8, 4) is 11.5 Å². The topological polar surface area (TPSA) is 47.6 Å². The van der Waals surface area contributed by atoms with Crippen LogP contribution in [0.5, 0.6) is 11.5 Å². The molecule has 0 unspecified atom stereocenters. The van der Waals surface area contributed by atoms with Gasteiger partial charge in [0.05, 0.1) is 11.6 Å². The van der Waals surface area contributed by atoms with Gasteiger partial charge in [0.2, 0.25) is 5.91 Å². The van der Waals surface area contributed by atoms with E-state index >= 15 is 0 Å². The number of nitrogens with one attached hydrogen (secondary N) is 1. The molecule has 6 heteroatoms. The Morgan fingerprint density at radius 1 is 1.10 bits per heavy atom. The van der Waals surface area contributed by atoms with Crippen molar-refractivity contribution in [2.24, 2.45) is 0 Å². The molecule has 1 amide bonds. The SMILES string of the molecule is COc1cc(C=CC(=O)Nc2ccc(Cl)cc2)cc(Br)c1OCc1ccccc1. The fourth-order valence-electron chi connectivity index (χ4n) is 2.59. The van der Waals surface area contributed by atoms with Crippen molar-refractivity contribution >= 4 is 45.2 Å². The third-order valence-electron chi connectivity index (χ3n) is 4.02. The van der Waals surface area contributed by atoms with Crippen molar-refractivity contribution < 1.29 is 14.3 Å². The van der Waals surface area contributed by atoms with Crippen LogP contribution in [0.2, 0.25) is 5.02 Å². The van der Waals surface area contributed by atoms with E-state index in [1.54, 1.807) is 37.5 Å². The number of halogens is 2. The highest BCUT2D eigenvalue weighted by Crippen LogP contribution is 2.37. The summed E-state index contributed by atoms with van der Waals surface area (Å²) in [5, 5.41) is 3.40. The Hall–Kier alpha value is -2.76. The van der Waals surface area contributed by atoms with Gasteiger partial charge in [0.1, 0.15) is 6.61 Å². The Balaban J connectivity index is 1.69. The maximum Gasteiger partial charge on any atom is 0.248 e. The van der Waals surface area contributed by atoms with E-state index in [-0.39, 0.29) is 5.91 Å². The molecule has 0 radical (unpaired) electrons. The summed E-state index contributed by atoms with van der Waals surface area (Å²) in [7, 11) is 1.58. The fourth-order valence-corrected chi connectivity index (χ4v) is 3.30. The van der Waals surface area contributed by atoms with Crippen LogP contribution in [0.3, 0.4) is 0 Å². The Bertz CT molecular complexity index is 1000. The van der Waals surface area contributed by atoms with Gasteiger partial charge in [-0.05, 0) is 69.5 Å². The highest BCUT2D eigenvalue weighted by molar-refractivity contribution is 9.10. The van der Waals surface area contributed by atoms with Gasteiger partial charge in [0.15, 0.2) is 11.5 Å². The van der Waals surface area contributed by atoms with Crippen LogP contribution in [-0.2, 0) is 11.4 Å². The summed E-state index contributed by atoms with van der Waals surface area (Å²) in [5.74, 6) is 0.944. The second kappa shape index (κ2) is 10.1. The molecule has 4 nitrogen and oxygen atoms in total. The number of rotatable bonds is 7.